The molecule has 0 aromatic carbocycles. The summed E-state index contributed by atoms with van der Waals surface area (Å²) in [6.45, 7) is 5.26. The number of aromatic nitrogens is 2. The molecular formula is C16H20F3N3OS. The standard InChI is InChI=1S/C16H20F3N3OS/c1-2-23-10-15-5-3-7-22(15)12(4-6-15)9-24-14-8-13(16(17,18)19)20-11-21-14/h2,8,11-12H,1,3-7,9-10H2. The minimum absolute atomic E-state index is 0.0716. The highest BCUT2D eigenvalue weighted by Gasteiger charge is 2.49. The van der Waals surface area contributed by atoms with E-state index in [1.165, 1.54) is 18.0 Å². The zero-order valence-electron chi connectivity index (χ0n) is 13.3. The molecule has 2 aliphatic rings. The Balaban J connectivity index is 1.62. The highest BCUT2D eigenvalue weighted by atomic mass is 32.2. The fraction of sp³-hybridized carbons (Fsp3) is 0.625. The first-order valence-electron chi connectivity index (χ1n) is 7.96. The third kappa shape index (κ3) is 3.54. The van der Waals surface area contributed by atoms with Crippen LogP contribution in [0.2, 0.25) is 0 Å². The van der Waals surface area contributed by atoms with E-state index in [9.17, 15) is 13.2 Å². The summed E-state index contributed by atoms with van der Waals surface area (Å²) in [5.41, 5.74) is -0.816. The van der Waals surface area contributed by atoms with Crippen molar-refractivity contribution >= 4 is 11.8 Å². The van der Waals surface area contributed by atoms with Crippen LogP contribution >= 0.6 is 11.8 Å². The quantitative estimate of drug-likeness (QED) is 0.439. The van der Waals surface area contributed by atoms with Crippen LogP contribution in [-0.4, -0.2) is 45.4 Å². The lowest BCUT2D eigenvalue weighted by Gasteiger charge is -2.34. The minimum Gasteiger partial charge on any atom is -0.500 e. The second-order valence-electron chi connectivity index (χ2n) is 6.24. The number of alkyl halides is 3. The van der Waals surface area contributed by atoms with Gasteiger partial charge in [-0.3, -0.25) is 4.90 Å². The van der Waals surface area contributed by atoms with E-state index in [0.717, 1.165) is 50.4 Å². The molecule has 0 N–H and O–H groups in total. The Labute approximate surface area is 143 Å². The SMILES string of the molecule is C=COCC12CCCN1C(CSc1cc(C(F)(F)F)ncn1)CC2. The number of fused-ring (bicyclic) bond motifs is 1. The first-order valence-corrected chi connectivity index (χ1v) is 8.94. The van der Waals surface area contributed by atoms with Crippen LogP contribution in [0.1, 0.15) is 31.4 Å². The molecule has 0 radical (unpaired) electrons. The van der Waals surface area contributed by atoms with Gasteiger partial charge in [0.05, 0.1) is 11.8 Å². The number of hydrogen-bond acceptors (Lipinski definition) is 5. The fourth-order valence-electron chi connectivity index (χ4n) is 3.76. The van der Waals surface area contributed by atoms with Gasteiger partial charge in [0.15, 0.2) is 0 Å². The molecule has 0 bridgehead atoms. The van der Waals surface area contributed by atoms with Crippen molar-refractivity contribution in [2.24, 2.45) is 0 Å². The van der Waals surface area contributed by atoms with Crippen LogP contribution in [-0.2, 0) is 10.9 Å². The van der Waals surface area contributed by atoms with Crippen molar-refractivity contribution in [3.63, 3.8) is 0 Å². The minimum atomic E-state index is -4.43. The van der Waals surface area contributed by atoms with Crippen LogP contribution in [0.15, 0.2) is 30.3 Å². The normalized spacial score (nSPS) is 27.2. The van der Waals surface area contributed by atoms with Crippen molar-refractivity contribution in [1.29, 1.82) is 0 Å². The summed E-state index contributed by atoms with van der Waals surface area (Å²) in [7, 11) is 0. The Morgan fingerprint density at radius 2 is 2.25 bits per heavy atom. The van der Waals surface area contributed by atoms with Gasteiger partial charge in [-0.25, -0.2) is 9.97 Å². The van der Waals surface area contributed by atoms with E-state index in [4.69, 9.17) is 4.74 Å². The molecule has 3 rings (SSSR count). The lowest BCUT2D eigenvalue weighted by Crippen LogP contribution is -2.46. The zero-order chi connectivity index (χ0) is 17.2. The summed E-state index contributed by atoms with van der Waals surface area (Å²) in [6.07, 6.45) is 2.36. The van der Waals surface area contributed by atoms with Crippen molar-refractivity contribution in [1.82, 2.24) is 14.9 Å². The second-order valence-corrected chi connectivity index (χ2v) is 7.28. The van der Waals surface area contributed by atoms with Gasteiger partial charge < -0.3 is 4.74 Å². The first-order chi connectivity index (χ1) is 11.4. The molecule has 1 aromatic rings. The van der Waals surface area contributed by atoms with E-state index in [1.807, 2.05) is 0 Å². The first kappa shape index (κ1) is 17.5. The molecular weight excluding hydrogens is 339 g/mol. The van der Waals surface area contributed by atoms with Crippen molar-refractivity contribution in [3.8, 4) is 0 Å². The smallest absolute Gasteiger partial charge is 0.433 e. The summed E-state index contributed by atoms with van der Waals surface area (Å²) in [4.78, 5) is 9.73. The van der Waals surface area contributed by atoms with Gasteiger partial charge in [0.25, 0.3) is 0 Å². The lowest BCUT2D eigenvalue weighted by atomic mass is 9.95. The molecule has 2 atom stereocenters. The third-order valence-electron chi connectivity index (χ3n) is 4.86. The molecule has 0 amide bonds. The van der Waals surface area contributed by atoms with Crippen LogP contribution in [0.4, 0.5) is 13.2 Å². The molecule has 0 aliphatic carbocycles. The molecule has 0 spiro atoms. The molecule has 8 heteroatoms. The van der Waals surface area contributed by atoms with Gasteiger partial charge in [-0.2, -0.15) is 13.2 Å². The van der Waals surface area contributed by atoms with Gasteiger partial charge in [-0.05, 0) is 32.2 Å². The van der Waals surface area contributed by atoms with Gasteiger partial charge >= 0.3 is 6.18 Å². The second kappa shape index (κ2) is 6.92. The maximum absolute atomic E-state index is 12.7. The molecule has 2 unspecified atom stereocenters. The van der Waals surface area contributed by atoms with Crippen LogP contribution in [0, 0.1) is 0 Å². The molecule has 4 nitrogen and oxygen atoms in total. The van der Waals surface area contributed by atoms with Crippen molar-refractivity contribution in [2.45, 2.75) is 48.5 Å². The molecule has 132 valence electrons. The maximum Gasteiger partial charge on any atom is 0.433 e. The van der Waals surface area contributed by atoms with Gasteiger partial charge in [-0.15, -0.1) is 11.8 Å². The molecule has 2 aliphatic heterocycles. The van der Waals surface area contributed by atoms with Gasteiger partial charge in [-0.1, -0.05) is 6.58 Å². The Bertz CT molecular complexity index is 598. The maximum atomic E-state index is 12.7. The summed E-state index contributed by atoms with van der Waals surface area (Å²) < 4.78 is 43.6. The summed E-state index contributed by atoms with van der Waals surface area (Å²) in [6, 6.07) is 1.37. The van der Waals surface area contributed by atoms with Gasteiger partial charge in [0.2, 0.25) is 0 Å². The van der Waals surface area contributed by atoms with E-state index < -0.39 is 11.9 Å². The molecule has 2 saturated heterocycles. The average Bonchev–Trinajstić information content (AvgIpc) is 3.10. The lowest BCUT2D eigenvalue weighted by molar-refractivity contribution is -0.141. The fourth-order valence-corrected chi connectivity index (χ4v) is 4.78. The van der Waals surface area contributed by atoms with Crippen LogP contribution < -0.4 is 0 Å². The van der Waals surface area contributed by atoms with E-state index in [0.29, 0.717) is 17.7 Å². The Morgan fingerprint density at radius 3 is 3.00 bits per heavy atom. The van der Waals surface area contributed by atoms with Crippen molar-refractivity contribution in [3.05, 3.63) is 30.9 Å². The third-order valence-corrected chi connectivity index (χ3v) is 5.93. The van der Waals surface area contributed by atoms with Crippen LogP contribution in [0.3, 0.4) is 0 Å². The highest BCUT2D eigenvalue weighted by molar-refractivity contribution is 7.99. The predicted molar refractivity (Wildman–Crippen MR) is 85.6 cm³/mol. The number of nitrogens with zero attached hydrogens (tertiary/aromatic N) is 3. The predicted octanol–water partition coefficient (Wildman–Crippen LogP) is 3.74. The van der Waals surface area contributed by atoms with Crippen LogP contribution in [0.5, 0.6) is 0 Å². The molecule has 0 saturated carbocycles. The average molecular weight is 359 g/mol. The van der Waals surface area contributed by atoms with Gasteiger partial charge in [0.1, 0.15) is 23.7 Å². The number of hydrogen-bond donors (Lipinski definition) is 0. The Hall–Kier alpha value is -1.28. The molecule has 2 fully saturated rings. The number of thioether (sulfide) groups is 1. The Morgan fingerprint density at radius 1 is 1.42 bits per heavy atom. The summed E-state index contributed by atoms with van der Waals surface area (Å²) in [5, 5.41) is 0.372. The van der Waals surface area contributed by atoms with Crippen molar-refractivity contribution < 1.29 is 17.9 Å². The van der Waals surface area contributed by atoms with Gasteiger partial charge in [0, 0.05) is 17.9 Å². The number of rotatable bonds is 6. The number of halogens is 3. The monoisotopic (exact) mass is 359 g/mol. The van der Waals surface area contributed by atoms with E-state index in [1.54, 1.807) is 0 Å². The van der Waals surface area contributed by atoms with E-state index in [-0.39, 0.29) is 5.54 Å². The highest BCUT2D eigenvalue weighted by Crippen LogP contribution is 2.44. The Kier molecular flexibility index (Phi) is 5.05. The molecule has 3 heterocycles. The number of ether oxygens (including phenoxy) is 1. The molecule has 24 heavy (non-hydrogen) atoms. The topological polar surface area (TPSA) is 38.2 Å². The van der Waals surface area contributed by atoms with E-state index in [2.05, 4.69) is 21.4 Å². The van der Waals surface area contributed by atoms with E-state index >= 15 is 0 Å². The summed E-state index contributed by atoms with van der Waals surface area (Å²) >= 11 is 1.37. The summed E-state index contributed by atoms with van der Waals surface area (Å²) in [5.74, 6) is 0.726. The molecule has 1 aromatic heterocycles. The van der Waals surface area contributed by atoms with Crippen LogP contribution in [0.25, 0.3) is 0 Å². The largest absolute Gasteiger partial charge is 0.500 e. The van der Waals surface area contributed by atoms with Crippen molar-refractivity contribution in [2.75, 3.05) is 18.9 Å². The zero-order valence-corrected chi connectivity index (χ0v) is 14.1.